The lowest BCUT2D eigenvalue weighted by Crippen LogP contribution is -2.04. The maximum atomic E-state index is 5.13. The third-order valence-electron chi connectivity index (χ3n) is 0.632. The van der Waals surface area contributed by atoms with Crippen molar-refractivity contribution in [3.63, 3.8) is 0 Å². The molecule has 0 aromatic rings. The van der Waals surface area contributed by atoms with Gasteiger partial charge in [-0.25, -0.2) is 0 Å². The summed E-state index contributed by atoms with van der Waals surface area (Å²) in [5.41, 5.74) is 2.75. The Morgan fingerprint density at radius 3 is 1.86 bits per heavy atom. The van der Waals surface area contributed by atoms with E-state index in [1.54, 1.807) is 0 Å². The number of rotatable bonds is 0. The molecule has 0 bridgehead atoms. The van der Waals surface area contributed by atoms with Crippen LogP contribution in [-0.2, 0) is 0 Å². The zero-order valence-corrected chi connectivity index (χ0v) is 6.70. The molecule has 0 aromatic heterocycles. The molecule has 7 heavy (non-hydrogen) atoms. The van der Waals surface area contributed by atoms with Crippen molar-refractivity contribution >= 4 is 9.52 Å². The zero-order chi connectivity index (χ0) is 5.91. The van der Waals surface area contributed by atoms with Crippen LogP contribution in [0.1, 0.15) is 20.8 Å². The Morgan fingerprint density at radius 2 is 1.86 bits per heavy atom. The molecule has 0 spiro atoms. The van der Waals surface area contributed by atoms with Gasteiger partial charge in [0.2, 0.25) is 0 Å². The fraction of sp³-hybridized carbons (Fsp3) is 0.667. The average Bonchev–Trinajstić information content (AvgIpc) is 1.30. The molecular weight excluding hydrogens is 100 g/mol. The predicted molar refractivity (Wildman–Crippen MR) is 37.1 cm³/mol. The van der Waals surface area contributed by atoms with Crippen molar-refractivity contribution in [1.29, 1.82) is 0 Å². The lowest BCUT2D eigenvalue weighted by molar-refractivity contribution is 0.760. The second-order valence-corrected chi connectivity index (χ2v) is 5.82. The maximum absolute atomic E-state index is 5.13. The monoisotopic (exact) mass is 112 g/mol. The SMILES string of the molecule is C#C[SiH2]C(C)(C)C. The molecule has 0 unspecified atom stereocenters. The molecule has 0 heterocycles. The van der Waals surface area contributed by atoms with E-state index in [2.05, 4.69) is 26.3 Å². The highest BCUT2D eigenvalue weighted by atomic mass is 28.2. The minimum Gasteiger partial charge on any atom is -0.142 e. The lowest BCUT2D eigenvalue weighted by Gasteiger charge is -2.10. The van der Waals surface area contributed by atoms with Crippen LogP contribution in [0.5, 0.6) is 0 Å². The maximum Gasteiger partial charge on any atom is 0.112 e. The first-order chi connectivity index (χ1) is 3.06. The molecule has 40 valence electrons. The summed E-state index contributed by atoms with van der Waals surface area (Å²) in [5.74, 6) is 0. The molecule has 0 amide bonds. The minimum atomic E-state index is -0.212. The molecule has 0 fully saturated rings. The van der Waals surface area contributed by atoms with Crippen molar-refractivity contribution in [3.8, 4) is 12.0 Å². The van der Waals surface area contributed by atoms with Gasteiger partial charge in [0.25, 0.3) is 0 Å². The molecule has 0 rings (SSSR count). The zero-order valence-electron chi connectivity index (χ0n) is 5.28. The van der Waals surface area contributed by atoms with Gasteiger partial charge in [-0.05, 0) is 5.04 Å². The molecule has 0 aliphatic heterocycles. The quantitative estimate of drug-likeness (QED) is 0.323. The van der Waals surface area contributed by atoms with E-state index in [-0.39, 0.29) is 9.52 Å². The normalized spacial score (nSPS) is 12.3. The molecule has 0 aliphatic carbocycles. The molecule has 0 saturated carbocycles. The molecule has 0 aliphatic rings. The summed E-state index contributed by atoms with van der Waals surface area (Å²) in [7, 11) is -0.212. The van der Waals surface area contributed by atoms with Crippen molar-refractivity contribution < 1.29 is 0 Å². The number of terminal acetylenes is 1. The van der Waals surface area contributed by atoms with Gasteiger partial charge < -0.3 is 0 Å². The van der Waals surface area contributed by atoms with E-state index < -0.39 is 0 Å². The summed E-state index contributed by atoms with van der Waals surface area (Å²) in [6.07, 6.45) is 5.13. The Labute approximate surface area is 48.1 Å². The summed E-state index contributed by atoms with van der Waals surface area (Å²) >= 11 is 0. The van der Waals surface area contributed by atoms with Crippen LogP contribution in [0.25, 0.3) is 0 Å². The average molecular weight is 112 g/mol. The van der Waals surface area contributed by atoms with Crippen LogP contribution in [0.4, 0.5) is 0 Å². The van der Waals surface area contributed by atoms with E-state index in [1.807, 2.05) is 0 Å². The first kappa shape index (κ1) is 6.78. The van der Waals surface area contributed by atoms with Gasteiger partial charge in [0.05, 0.1) is 0 Å². The molecule has 0 saturated heterocycles. The van der Waals surface area contributed by atoms with E-state index in [9.17, 15) is 0 Å². The fourth-order valence-corrected chi connectivity index (χ4v) is 0.919. The van der Waals surface area contributed by atoms with Crippen LogP contribution in [0.15, 0.2) is 0 Å². The van der Waals surface area contributed by atoms with E-state index in [4.69, 9.17) is 6.42 Å². The Morgan fingerprint density at radius 1 is 1.43 bits per heavy atom. The van der Waals surface area contributed by atoms with Crippen molar-refractivity contribution in [1.82, 2.24) is 0 Å². The van der Waals surface area contributed by atoms with Crippen molar-refractivity contribution in [2.45, 2.75) is 25.8 Å². The van der Waals surface area contributed by atoms with Crippen LogP contribution in [0.3, 0.4) is 0 Å². The van der Waals surface area contributed by atoms with Gasteiger partial charge in [-0.2, -0.15) is 0 Å². The van der Waals surface area contributed by atoms with Crippen molar-refractivity contribution in [2.75, 3.05) is 0 Å². The van der Waals surface area contributed by atoms with E-state index in [0.717, 1.165) is 0 Å². The summed E-state index contributed by atoms with van der Waals surface area (Å²) in [6, 6.07) is 0. The minimum absolute atomic E-state index is 0.212. The topological polar surface area (TPSA) is 0 Å². The van der Waals surface area contributed by atoms with Crippen molar-refractivity contribution in [3.05, 3.63) is 0 Å². The highest BCUT2D eigenvalue weighted by Gasteiger charge is 2.06. The van der Waals surface area contributed by atoms with Crippen LogP contribution in [0, 0.1) is 12.0 Å². The Bertz CT molecular complexity index is 81.3. The van der Waals surface area contributed by atoms with Crippen LogP contribution < -0.4 is 0 Å². The molecule has 0 nitrogen and oxygen atoms in total. The highest BCUT2D eigenvalue weighted by molar-refractivity contribution is 6.49. The fourth-order valence-electron chi connectivity index (χ4n) is 0.306. The Kier molecular flexibility index (Phi) is 2.11. The summed E-state index contributed by atoms with van der Waals surface area (Å²) in [5, 5.41) is 0.453. The van der Waals surface area contributed by atoms with Gasteiger partial charge in [0.1, 0.15) is 9.52 Å². The van der Waals surface area contributed by atoms with Crippen LogP contribution in [0.2, 0.25) is 5.04 Å². The highest BCUT2D eigenvalue weighted by Crippen LogP contribution is 2.18. The first-order valence-electron chi connectivity index (χ1n) is 2.50. The van der Waals surface area contributed by atoms with Gasteiger partial charge in [0, 0.05) is 0 Å². The van der Waals surface area contributed by atoms with Gasteiger partial charge in [-0.3, -0.25) is 0 Å². The van der Waals surface area contributed by atoms with Crippen LogP contribution in [-0.4, -0.2) is 9.52 Å². The molecular formula is C6H12Si. The van der Waals surface area contributed by atoms with Gasteiger partial charge >= 0.3 is 0 Å². The van der Waals surface area contributed by atoms with Crippen molar-refractivity contribution in [2.24, 2.45) is 0 Å². The third-order valence-corrected chi connectivity index (χ3v) is 1.90. The van der Waals surface area contributed by atoms with Gasteiger partial charge in [-0.1, -0.05) is 20.8 Å². The van der Waals surface area contributed by atoms with Gasteiger partial charge in [-0.15, -0.1) is 12.0 Å². The van der Waals surface area contributed by atoms with E-state index >= 15 is 0 Å². The van der Waals surface area contributed by atoms with E-state index in [1.165, 1.54) is 0 Å². The summed E-state index contributed by atoms with van der Waals surface area (Å²) in [6.45, 7) is 6.58. The van der Waals surface area contributed by atoms with Crippen LogP contribution >= 0.6 is 0 Å². The van der Waals surface area contributed by atoms with Gasteiger partial charge in [0.15, 0.2) is 0 Å². The Balaban J connectivity index is 3.40. The first-order valence-corrected chi connectivity index (χ1v) is 3.91. The smallest absolute Gasteiger partial charge is 0.112 e. The molecule has 0 atom stereocenters. The second kappa shape index (κ2) is 2.18. The predicted octanol–water partition coefficient (Wildman–Crippen LogP) is 0.964. The summed E-state index contributed by atoms with van der Waals surface area (Å²) in [4.78, 5) is 0. The van der Waals surface area contributed by atoms with E-state index in [0.29, 0.717) is 5.04 Å². The third kappa shape index (κ3) is 5.78. The molecule has 0 radical (unpaired) electrons. The standard InChI is InChI=1S/C6H12Si/c1-5-7-6(2,3)4/h1H,7H2,2-4H3. The lowest BCUT2D eigenvalue weighted by atomic mass is 10.3. The number of hydrogen-bond donors (Lipinski definition) is 0. The molecule has 0 aromatic carbocycles. The summed E-state index contributed by atoms with van der Waals surface area (Å²) < 4.78 is 0. The molecule has 0 N–H and O–H groups in total. The largest absolute Gasteiger partial charge is 0.142 e. The molecule has 1 heteroatoms. The Hall–Kier alpha value is -0.223. The number of hydrogen-bond acceptors (Lipinski definition) is 0. The second-order valence-electron chi connectivity index (χ2n) is 2.94.